The molecule has 0 radical (unpaired) electrons. The second-order valence-electron chi connectivity index (χ2n) is 8.73. The van der Waals surface area contributed by atoms with Crippen molar-refractivity contribution in [2.24, 2.45) is 23.2 Å². The summed E-state index contributed by atoms with van der Waals surface area (Å²) < 4.78 is 14.1. The quantitative estimate of drug-likeness (QED) is 0.719. The van der Waals surface area contributed by atoms with E-state index in [0.717, 1.165) is 22.5 Å². The fraction of sp³-hybridized carbons (Fsp3) is 0.550. The zero-order chi connectivity index (χ0) is 18.6. The number of carbonyl (C=O) groups excluding carboxylic acids is 1. The Kier molecular flexibility index (Phi) is 4.20. The summed E-state index contributed by atoms with van der Waals surface area (Å²) in [5, 5.41) is 6.64. The first-order valence-electron chi connectivity index (χ1n) is 9.63. The maximum absolute atomic E-state index is 13.3. The number of halogens is 1. The number of thiocarbonyl (C=S) groups is 1. The largest absolute Gasteiger partial charge is 0.308 e. The van der Waals surface area contributed by atoms with Gasteiger partial charge in [-0.25, -0.2) is 9.37 Å². The van der Waals surface area contributed by atoms with Crippen LogP contribution in [-0.4, -0.2) is 16.0 Å². The molecule has 0 saturated heterocycles. The van der Waals surface area contributed by atoms with E-state index in [1.165, 1.54) is 62.0 Å². The van der Waals surface area contributed by atoms with E-state index in [-0.39, 0.29) is 22.3 Å². The maximum Gasteiger partial charge on any atom is 0.226 e. The Morgan fingerprint density at radius 1 is 1.22 bits per heavy atom. The average Bonchev–Trinajstić information content (AvgIpc) is 2.93. The van der Waals surface area contributed by atoms with Gasteiger partial charge >= 0.3 is 0 Å². The van der Waals surface area contributed by atoms with E-state index in [1.54, 1.807) is 6.07 Å². The Morgan fingerprint density at radius 3 is 2.56 bits per heavy atom. The number of rotatable bonds is 3. The molecule has 0 spiro atoms. The number of thiazole rings is 1. The summed E-state index contributed by atoms with van der Waals surface area (Å²) in [5.74, 6) is 2.21. The third-order valence-corrected chi connectivity index (χ3v) is 7.66. The number of amides is 1. The minimum absolute atomic E-state index is 0.00149. The van der Waals surface area contributed by atoms with E-state index in [0.29, 0.717) is 17.1 Å². The smallest absolute Gasteiger partial charge is 0.226 e. The number of nitrogens with zero attached hydrogens (tertiary/aromatic N) is 1. The first-order chi connectivity index (χ1) is 13.0. The minimum Gasteiger partial charge on any atom is -0.308 e. The minimum atomic E-state index is -0.288. The molecule has 27 heavy (non-hydrogen) atoms. The molecule has 4 saturated carbocycles. The zero-order valence-corrected chi connectivity index (χ0v) is 16.6. The van der Waals surface area contributed by atoms with Crippen LogP contribution in [0, 0.1) is 29.0 Å². The molecule has 4 bridgehead atoms. The van der Waals surface area contributed by atoms with Gasteiger partial charge in [-0.2, -0.15) is 0 Å². The molecular formula is C20H22FN3OS2. The zero-order valence-electron chi connectivity index (χ0n) is 15.0. The van der Waals surface area contributed by atoms with Crippen molar-refractivity contribution in [3.63, 3.8) is 0 Å². The first-order valence-corrected chi connectivity index (χ1v) is 10.9. The molecule has 4 aliphatic carbocycles. The van der Waals surface area contributed by atoms with Gasteiger partial charge in [0, 0.05) is 6.42 Å². The Labute approximate surface area is 166 Å². The highest BCUT2D eigenvalue weighted by Gasteiger charge is 2.51. The molecule has 7 heteroatoms. The lowest BCUT2D eigenvalue weighted by molar-refractivity contribution is -0.127. The van der Waals surface area contributed by atoms with E-state index in [2.05, 4.69) is 15.6 Å². The van der Waals surface area contributed by atoms with Crippen molar-refractivity contribution in [1.29, 1.82) is 0 Å². The van der Waals surface area contributed by atoms with Crippen LogP contribution in [0.2, 0.25) is 0 Å². The van der Waals surface area contributed by atoms with E-state index in [9.17, 15) is 9.18 Å². The molecule has 4 aliphatic rings. The van der Waals surface area contributed by atoms with Gasteiger partial charge in [-0.15, -0.1) is 0 Å². The number of carbonyl (C=O) groups is 1. The predicted molar refractivity (Wildman–Crippen MR) is 109 cm³/mol. The highest BCUT2D eigenvalue weighted by atomic mass is 32.1. The van der Waals surface area contributed by atoms with Gasteiger partial charge in [-0.1, -0.05) is 11.3 Å². The van der Waals surface area contributed by atoms with E-state index < -0.39 is 0 Å². The summed E-state index contributed by atoms with van der Waals surface area (Å²) in [6, 6.07) is 4.48. The Morgan fingerprint density at radius 2 is 1.89 bits per heavy atom. The van der Waals surface area contributed by atoms with E-state index in [1.807, 2.05) is 0 Å². The van der Waals surface area contributed by atoms with Crippen LogP contribution in [0.3, 0.4) is 0 Å². The first kappa shape index (κ1) is 17.5. The summed E-state index contributed by atoms with van der Waals surface area (Å²) in [6.45, 7) is 0. The van der Waals surface area contributed by atoms with Crippen molar-refractivity contribution >= 4 is 49.9 Å². The second-order valence-corrected chi connectivity index (χ2v) is 10.2. The number of anilines is 1. The molecule has 2 N–H and O–H groups in total. The molecule has 142 valence electrons. The van der Waals surface area contributed by atoms with Gasteiger partial charge < -0.3 is 10.6 Å². The Balaban J connectivity index is 1.21. The van der Waals surface area contributed by atoms with Gasteiger partial charge in [0.05, 0.1) is 10.2 Å². The molecule has 0 unspecified atom stereocenters. The van der Waals surface area contributed by atoms with Crippen molar-refractivity contribution in [2.45, 2.75) is 44.9 Å². The van der Waals surface area contributed by atoms with Crippen molar-refractivity contribution < 1.29 is 9.18 Å². The van der Waals surface area contributed by atoms with Crippen LogP contribution >= 0.6 is 23.6 Å². The van der Waals surface area contributed by atoms with Gasteiger partial charge in [0.1, 0.15) is 5.82 Å². The SMILES string of the molecule is O=C(CC12CC3CC(CC(C3)C1)C2)NC(=S)Nc1nc2ccc(F)cc2s1. The molecule has 6 rings (SSSR count). The highest BCUT2D eigenvalue weighted by molar-refractivity contribution is 7.80. The summed E-state index contributed by atoms with van der Waals surface area (Å²) >= 11 is 6.62. The monoisotopic (exact) mass is 403 g/mol. The van der Waals surface area contributed by atoms with Crippen LogP contribution in [0.25, 0.3) is 10.2 Å². The van der Waals surface area contributed by atoms with Gasteiger partial charge in [0.15, 0.2) is 10.2 Å². The summed E-state index contributed by atoms with van der Waals surface area (Å²) in [7, 11) is 0. The number of benzene rings is 1. The number of hydrogen-bond donors (Lipinski definition) is 2. The van der Waals surface area contributed by atoms with Crippen LogP contribution in [-0.2, 0) is 4.79 Å². The van der Waals surface area contributed by atoms with Gasteiger partial charge in [-0.3, -0.25) is 4.79 Å². The fourth-order valence-electron chi connectivity index (χ4n) is 6.10. The molecule has 1 heterocycles. The van der Waals surface area contributed by atoms with Crippen LogP contribution in [0.15, 0.2) is 18.2 Å². The third-order valence-electron chi connectivity index (χ3n) is 6.52. The average molecular weight is 404 g/mol. The lowest BCUT2D eigenvalue weighted by Crippen LogP contribution is -2.48. The molecular weight excluding hydrogens is 381 g/mol. The molecule has 2 aromatic rings. The lowest BCUT2D eigenvalue weighted by Gasteiger charge is -2.56. The molecule has 1 aromatic heterocycles. The van der Waals surface area contributed by atoms with E-state index >= 15 is 0 Å². The predicted octanol–water partition coefficient (Wildman–Crippen LogP) is 4.85. The Bertz CT molecular complexity index is 890. The van der Waals surface area contributed by atoms with Crippen LogP contribution < -0.4 is 10.6 Å². The molecule has 0 atom stereocenters. The topological polar surface area (TPSA) is 54.0 Å². The number of hydrogen-bond acceptors (Lipinski definition) is 4. The van der Waals surface area contributed by atoms with Crippen LogP contribution in [0.5, 0.6) is 0 Å². The van der Waals surface area contributed by atoms with Crippen molar-refractivity contribution in [2.75, 3.05) is 5.32 Å². The van der Waals surface area contributed by atoms with Crippen molar-refractivity contribution in [1.82, 2.24) is 10.3 Å². The normalized spacial score (nSPS) is 31.2. The summed E-state index contributed by atoms with van der Waals surface area (Å²) in [6.07, 6.45) is 8.31. The Hall–Kier alpha value is -1.60. The number of nitrogens with one attached hydrogen (secondary N) is 2. The number of fused-ring (bicyclic) bond motifs is 1. The lowest BCUT2D eigenvalue weighted by atomic mass is 9.49. The standard InChI is InChI=1S/C20H22FN3OS2/c21-14-1-2-15-16(6-14)27-19(22-15)24-18(26)23-17(25)10-20-7-11-3-12(8-20)5-13(4-11)9-20/h1-2,6,11-13H,3-5,7-10H2,(H2,22,23,24,25,26). The molecule has 1 aromatic carbocycles. The summed E-state index contributed by atoms with van der Waals surface area (Å²) in [4.78, 5) is 17.0. The van der Waals surface area contributed by atoms with Gasteiger partial charge in [0.2, 0.25) is 5.91 Å². The van der Waals surface area contributed by atoms with Crippen molar-refractivity contribution in [3.05, 3.63) is 24.0 Å². The second kappa shape index (κ2) is 6.48. The van der Waals surface area contributed by atoms with Gasteiger partial charge in [-0.05, 0) is 92.1 Å². The molecule has 4 fully saturated rings. The van der Waals surface area contributed by atoms with Crippen molar-refractivity contribution in [3.8, 4) is 0 Å². The fourth-order valence-corrected chi connectivity index (χ4v) is 7.27. The highest BCUT2D eigenvalue weighted by Crippen LogP contribution is 2.61. The molecule has 0 aliphatic heterocycles. The molecule has 4 nitrogen and oxygen atoms in total. The summed E-state index contributed by atoms with van der Waals surface area (Å²) in [5.41, 5.74) is 0.911. The number of aromatic nitrogens is 1. The molecule has 1 amide bonds. The van der Waals surface area contributed by atoms with Crippen LogP contribution in [0.4, 0.5) is 9.52 Å². The van der Waals surface area contributed by atoms with Gasteiger partial charge in [0.25, 0.3) is 0 Å². The van der Waals surface area contributed by atoms with E-state index in [4.69, 9.17) is 12.2 Å². The van der Waals surface area contributed by atoms with Crippen LogP contribution in [0.1, 0.15) is 44.9 Å². The third kappa shape index (κ3) is 3.47. The maximum atomic E-state index is 13.3.